The molecule has 0 saturated heterocycles. The highest BCUT2D eigenvalue weighted by molar-refractivity contribution is 6.09. The second-order valence-electron chi connectivity index (χ2n) is 4.48. The number of benzene rings is 1. The Labute approximate surface area is 121 Å². The highest BCUT2D eigenvalue weighted by atomic mass is 16.4. The maximum atomic E-state index is 12.1. The molecule has 0 aliphatic carbocycles. The summed E-state index contributed by atoms with van der Waals surface area (Å²) in [4.78, 5) is 20.2. The summed E-state index contributed by atoms with van der Waals surface area (Å²) in [5, 5.41) is 14.5. The molecule has 0 radical (unpaired) electrons. The Morgan fingerprint density at radius 2 is 2.05 bits per heavy atom. The van der Waals surface area contributed by atoms with Crippen molar-refractivity contribution >= 4 is 17.4 Å². The van der Waals surface area contributed by atoms with Crippen LogP contribution in [0.15, 0.2) is 35.7 Å². The Balaban J connectivity index is 2.33. The molecule has 0 spiro atoms. The second kappa shape index (κ2) is 6.00. The number of amides is 1. The number of rotatable bonds is 3. The Morgan fingerprint density at radius 1 is 1.29 bits per heavy atom. The van der Waals surface area contributed by atoms with Crippen molar-refractivity contribution in [2.45, 2.75) is 13.8 Å². The molecule has 2 rings (SSSR count). The van der Waals surface area contributed by atoms with Gasteiger partial charge in [-0.3, -0.25) is 9.78 Å². The van der Waals surface area contributed by atoms with E-state index in [0.717, 1.165) is 11.3 Å². The Hall–Kier alpha value is -2.96. The van der Waals surface area contributed by atoms with E-state index in [9.17, 15) is 4.79 Å². The Kier molecular flexibility index (Phi) is 4.13. The van der Waals surface area contributed by atoms with Gasteiger partial charge in [-0.25, -0.2) is 4.98 Å². The van der Waals surface area contributed by atoms with Crippen molar-refractivity contribution in [2.24, 2.45) is 10.9 Å². The number of oxime groups is 1. The Bertz CT molecular complexity index is 695. The number of aryl methyl sites for hydroxylation is 2. The smallest absolute Gasteiger partial charge is 0.275 e. The normalized spacial score (nSPS) is 11.2. The van der Waals surface area contributed by atoms with Gasteiger partial charge in [-0.1, -0.05) is 17.3 Å². The van der Waals surface area contributed by atoms with Crippen LogP contribution >= 0.6 is 0 Å². The van der Waals surface area contributed by atoms with Crippen molar-refractivity contribution in [1.82, 2.24) is 9.97 Å². The molecule has 0 atom stereocenters. The number of nitrogens with one attached hydrogen (secondary N) is 1. The lowest BCUT2D eigenvalue weighted by Crippen LogP contribution is -2.21. The first-order chi connectivity index (χ1) is 10.0. The number of nitrogens with two attached hydrogens (primary N) is 1. The fraction of sp³-hybridized carbons (Fsp3) is 0.143. The van der Waals surface area contributed by atoms with Crippen LogP contribution in [0.5, 0.6) is 0 Å². The number of aromatic nitrogens is 2. The van der Waals surface area contributed by atoms with Gasteiger partial charge >= 0.3 is 0 Å². The van der Waals surface area contributed by atoms with E-state index in [1.165, 1.54) is 12.4 Å². The zero-order valence-corrected chi connectivity index (χ0v) is 11.7. The average Bonchev–Trinajstić information content (AvgIpc) is 2.47. The zero-order valence-electron chi connectivity index (χ0n) is 11.7. The number of carbonyl (C=O) groups excluding carboxylic acids is 1. The maximum absolute atomic E-state index is 12.1. The lowest BCUT2D eigenvalue weighted by molar-refractivity contribution is 0.102. The van der Waals surface area contributed by atoms with Crippen LogP contribution in [0.2, 0.25) is 0 Å². The summed E-state index contributed by atoms with van der Waals surface area (Å²) in [6, 6.07) is 5.23. The monoisotopic (exact) mass is 285 g/mol. The fourth-order valence-electron chi connectivity index (χ4n) is 1.86. The molecule has 1 heterocycles. The fourth-order valence-corrected chi connectivity index (χ4v) is 1.86. The highest BCUT2D eigenvalue weighted by Crippen LogP contribution is 2.19. The lowest BCUT2D eigenvalue weighted by atomic mass is 10.1. The van der Waals surface area contributed by atoms with Crippen molar-refractivity contribution in [2.75, 3.05) is 5.32 Å². The van der Waals surface area contributed by atoms with Crippen molar-refractivity contribution < 1.29 is 10.0 Å². The number of carbonyl (C=O) groups is 1. The van der Waals surface area contributed by atoms with E-state index >= 15 is 0 Å². The number of anilines is 1. The molecule has 0 fully saturated rings. The van der Waals surface area contributed by atoms with Crippen LogP contribution in [0.4, 0.5) is 5.69 Å². The molecule has 0 bridgehead atoms. The van der Waals surface area contributed by atoms with Gasteiger partial charge in [0, 0.05) is 11.8 Å². The molecular weight excluding hydrogens is 270 g/mol. The summed E-state index contributed by atoms with van der Waals surface area (Å²) < 4.78 is 0. The van der Waals surface area contributed by atoms with Gasteiger partial charge in [-0.05, 0) is 25.5 Å². The molecule has 1 aromatic carbocycles. The van der Waals surface area contributed by atoms with Crippen LogP contribution in [-0.2, 0) is 0 Å². The zero-order chi connectivity index (χ0) is 15.4. The van der Waals surface area contributed by atoms with E-state index in [-0.39, 0.29) is 11.5 Å². The topological polar surface area (TPSA) is 113 Å². The first kappa shape index (κ1) is 14.4. The van der Waals surface area contributed by atoms with Crippen LogP contribution in [-0.4, -0.2) is 26.9 Å². The molecule has 21 heavy (non-hydrogen) atoms. The van der Waals surface area contributed by atoms with E-state index in [1.807, 2.05) is 0 Å². The van der Waals surface area contributed by atoms with Gasteiger partial charge in [0.25, 0.3) is 5.91 Å². The molecule has 0 saturated carbocycles. The molecule has 0 aliphatic heterocycles. The summed E-state index contributed by atoms with van der Waals surface area (Å²) >= 11 is 0. The molecule has 2 aromatic rings. The lowest BCUT2D eigenvalue weighted by Gasteiger charge is -2.12. The first-order valence-electron chi connectivity index (χ1n) is 6.20. The van der Waals surface area contributed by atoms with Crippen LogP contribution in [0.25, 0.3) is 0 Å². The van der Waals surface area contributed by atoms with Crippen LogP contribution in [0.3, 0.4) is 0 Å². The summed E-state index contributed by atoms with van der Waals surface area (Å²) in [6.07, 6.45) is 2.90. The van der Waals surface area contributed by atoms with Gasteiger partial charge in [-0.2, -0.15) is 0 Å². The number of amidine groups is 1. The van der Waals surface area contributed by atoms with E-state index in [2.05, 4.69) is 20.4 Å². The van der Waals surface area contributed by atoms with Gasteiger partial charge in [0.2, 0.25) is 0 Å². The summed E-state index contributed by atoms with van der Waals surface area (Å²) in [5.74, 6) is -0.488. The quantitative estimate of drug-likeness (QED) is 0.342. The minimum atomic E-state index is -0.417. The third kappa shape index (κ3) is 3.14. The van der Waals surface area contributed by atoms with Gasteiger partial charge in [0.1, 0.15) is 5.69 Å². The third-order valence-corrected chi connectivity index (χ3v) is 2.90. The van der Waals surface area contributed by atoms with Crippen molar-refractivity contribution in [1.29, 1.82) is 0 Å². The third-order valence-electron chi connectivity index (χ3n) is 2.90. The van der Waals surface area contributed by atoms with E-state index in [0.29, 0.717) is 11.3 Å². The Morgan fingerprint density at radius 3 is 2.67 bits per heavy atom. The number of hydrogen-bond acceptors (Lipinski definition) is 5. The predicted octanol–water partition coefficient (Wildman–Crippen LogP) is 1.44. The standard InChI is InChI=1S/C14H15N5O2/c1-8-4-3-5-10(12(8)13(15)19-21)18-14(20)11-7-16-9(2)6-17-11/h3-7,21H,1-2H3,(H2,15,19)(H,18,20). The number of hydrogen-bond donors (Lipinski definition) is 3. The minimum absolute atomic E-state index is 0.0709. The summed E-state index contributed by atoms with van der Waals surface area (Å²) in [7, 11) is 0. The molecule has 0 unspecified atom stereocenters. The van der Waals surface area contributed by atoms with Gasteiger partial charge in [0.05, 0.1) is 17.6 Å². The first-order valence-corrected chi connectivity index (χ1v) is 6.20. The maximum Gasteiger partial charge on any atom is 0.275 e. The second-order valence-corrected chi connectivity index (χ2v) is 4.48. The minimum Gasteiger partial charge on any atom is -0.409 e. The molecule has 1 aromatic heterocycles. The largest absolute Gasteiger partial charge is 0.409 e. The van der Waals surface area contributed by atoms with E-state index in [1.54, 1.807) is 32.0 Å². The number of nitrogens with zero attached hydrogens (tertiary/aromatic N) is 3. The highest BCUT2D eigenvalue weighted by Gasteiger charge is 2.14. The average molecular weight is 285 g/mol. The van der Waals surface area contributed by atoms with Gasteiger partial charge < -0.3 is 16.3 Å². The van der Waals surface area contributed by atoms with Crippen LogP contribution in [0.1, 0.15) is 27.3 Å². The molecule has 7 nitrogen and oxygen atoms in total. The van der Waals surface area contributed by atoms with Gasteiger partial charge in [-0.15, -0.1) is 0 Å². The summed E-state index contributed by atoms with van der Waals surface area (Å²) in [6.45, 7) is 3.58. The summed E-state index contributed by atoms with van der Waals surface area (Å²) in [5.41, 5.74) is 8.24. The van der Waals surface area contributed by atoms with Crippen molar-refractivity contribution in [3.8, 4) is 0 Å². The SMILES string of the molecule is Cc1cnc(C(=O)Nc2cccc(C)c2/C(N)=N/O)cn1. The van der Waals surface area contributed by atoms with E-state index < -0.39 is 5.91 Å². The van der Waals surface area contributed by atoms with E-state index in [4.69, 9.17) is 10.9 Å². The van der Waals surface area contributed by atoms with Gasteiger partial charge in [0.15, 0.2) is 5.84 Å². The molecule has 108 valence electrons. The molecule has 0 aliphatic rings. The van der Waals surface area contributed by atoms with Crippen LogP contribution < -0.4 is 11.1 Å². The van der Waals surface area contributed by atoms with Crippen molar-refractivity contribution in [3.63, 3.8) is 0 Å². The van der Waals surface area contributed by atoms with Crippen LogP contribution in [0, 0.1) is 13.8 Å². The molecular formula is C14H15N5O2. The van der Waals surface area contributed by atoms with Crippen molar-refractivity contribution in [3.05, 3.63) is 53.1 Å². The molecule has 4 N–H and O–H groups in total. The molecule has 1 amide bonds. The molecule has 7 heteroatoms. The predicted molar refractivity (Wildman–Crippen MR) is 78.4 cm³/mol.